The van der Waals surface area contributed by atoms with Crippen molar-refractivity contribution in [2.45, 2.75) is 26.3 Å². The van der Waals surface area contributed by atoms with Crippen LogP contribution in [0, 0.1) is 5.82 Å². The summed E-state index contributed by atoms with van der Waals surface area (Å²) in [6.07, 6.45) is 0.838. The van der Waals surface area contributed by atoms with Crippen molar-refractivity contribution in [3.8, 4) is 0 Å². The van der Waals surface area contributed by atoms with E-state index in [1.807, 2.05) is 19.9 Å². The lowest BCUT2D eigenvalue weighted by Crippen LogP contribution is -2.19. The Balaban J connectivity index is 2.34. The molecule has 0 radical (unpaired) electrons. The Bertz CT molecular complexity index is 613. The molecule has 2 nitrogen and oxygen atoms in total. The van der Waals surface area contributed by atoms with Crippen LogP contribution in [0.2, 0.25) is 0 Å². The molecule has 0 heterocycles. The number of hydrogen-bond acceptors (Lipinski definition) is 2. The van der Waals surface area contributed by atoms with Crippen LogP contribution in [0.5, 0.6) is 0 Å². The van der Waals surface area contributed by atoms with Crippen molar-refractivity contribution >= 4 is 27.3 Å². The lowest BCUT2D eigenvalue weighted by atomic mass is 10.1. The summed E-state index contributed by atoms with van der Waals surface area (Å²) in [7, 11) is 0. The van der Waals surface area contributed by atoms with E-state index in [0.717, 1.165) is 28.8 Å². The second-order valence-corrected chi connectivity index (χ2v) is 6.05. The molecule has 4 heteroatoms. The van der Waals surface area contributed by atoms with Gasteiger partial charge >= 0.3 is 0 Å². The summed E-state index contributed by atoms with van der Waals surface area (Å²) < 4.78 is 14.4. The zero-order chi connectivity index (χ0) is 15.4. The quantitative estimate of drug-likeness (QED) is 0.851. The first kappa shape index (κ1) is 16.0. The average Bonchev–Trinajstić information content (AvgIpc) is 2.41. The minimum atomic E-state index is -0.226. The molecule has 0 aliphatic carbocycles. The van der Waals surface area contributed by atoms with Gasteiger partial charge in [0.25, 0.3) is 0 Å². The summed E-state index contributed by atoms with van der Waals surface area (Å²) in [5.74, 6) is -0.226. The number of rotatable bonds is 5. The minimum absolute atomic E-state index is 0.133. The monoisotopic (exact) mass is 350 g/mol. The van der Waals surface area contributed by atoms with E-state index in [4.69, 9.17) is 5.73 Å². The molecule has 0 fully saturated rings. The van der Waals surface area contributed by atoms with Gasteiger partial charge in [-0.15, -0.1) is 0 Å². The van der Waals surface area contributed by atoms with Gasteiger partial charge in [0, 0.05) is 22.7 Å². The van der Waals surface area contributed by atoms with Gasteiger partial charge in [-0.3, -0.25) is 0 Å². The number of hydrogen-bond donors (Lipinski definition) is 1. The zero-order valence-electron chi connectivity index (χ0n) is 12.3. The van der Waals surface area contributed by atoms with Crippen LogP contribution in [-0.4, -0.2) is 12.6 Å². The molecule has 1 unspecified atom stereocenters. The third kappa shape index (κ3) is 4.05. The number of nitrogens with zero attached hydrogens (tertiary/aromatic N) is 1. The summed E-state index contributed by atoms with van der Waals surface area (Å²) in [5.41, 5.74) is 8.90. The van der Waals surface area contributed by atoms with Crippen LogP contribution in [0.3, 0.4) is 0 Å². The van der Waals surface area contributed by atoms with E-state index >= 15 is 0 Å². The van der Waals surface area contributed by atoms with Crippen molar-refractivity contribution in [2.24, 2.45) is 5.73 Å². The minimum Gasteiger partial charge on any atom is -0.341 e. The van der Waals surface area contributed by atoms with Crippen LogP contribution in [0.1, 0.15) is 19.4 Å². The highest BCUT2D eigenvalue weighted by molar-refractivity contribution is 9.10. The van der Waals surface area contributed by atoms with Crippen molar-refractivity contribution in [1.29, 1.82) is 0 Å². The second-order valence-electron chi connectivity index (χ2n) is 5.19. The zero-order valence-corrected chi connectivity index (χ0v) is 13.9. The molecular formula is C17H20BrFN2. The van der Waals surface area contributed by atoms with E-state index in [2.05, 4.69) is 39.0 Å². The third-order valence-electron chi connectivity index (χ3n) is 3.30. The molecule has 2 aromatic carbocycles. The first-order valence-electron chi connectivity index (χ1n) is 7.08. The summed E-state index contributed by atoms with van der Waals surface area (Å²) in [6, 6.07) is 13.0. The Morgan fingerprint density at radius 3 is 2.57 bits per heavy atom. The Morgan fingerprint density at radius 1 is 1.24 bits per heavy atom. The molecule has 0 aromatic heterocycles. The summed E-state index contributed by atoms with van der Waals surface area (Å²) in [5, 5.41) is 0. The molecule has 2 aromatic rings. The van der Waals surface area contributed by atoms with Crippen molar-refractivity contribution in [3.05, 3.63) is 58.3 Å². The molecule has 0 spiro atoms. The van der Waals surface area contributed by atoms with E-state index in [9.17, 15) is 4.39 Å². The van der Waals surface area contributed by atoms with Crippen molar-refractivity contribution < 1.29 is 4.39 Å². The molecule has 0 saturated carbocycles. The first-order chi connectivity index (χ1) is 10.0. The van der Waals surface area contributed by atoms with Crippen molar-refractivity contribution in [1.82, 2.24) is 0 Å². The van der Waals surface area contributed by atoms with E-state index in [-0.39, 0.29) is 11.9 Å². The molecule has 2 N–H and O–H groups in total. The summed E-state index contributed by atoms with van der Waals surface area (Å²) in [6.45, 7) is 4.80. The largest absolute Gasteiger partial charge is 0.341 e. The highest BCUT2D eigenvalue weighted by atomic mass is 79.9. The van der Waals surface area contributed by atoms with E-state index in [1.165, 1.54) is 11.6 Å². The van der Waals surface area contributed by atoms with Gasteiger partial charge in [-0.25, -0.2) is 4.39 Å². The van der Waals surface area contributed by atoms with Gasteiger partial charge in [-0.1, -0.05) is 12.1 Å². The molecule has 2 rings (SSSR count). The summed E-state index contributed by atoms with van der Waals surface area (Å²) in [4.78, 5) is 2.07. The SMILES string of the molecule is CCN(c1cccc(F)c1)c1ccc(CC(C)N)cc1Br. The van der Waals surface area contributed by atoms with Crippen LogP contribution in [0.25, 0.3) is 0 Å². The van der Waals surface area contributed by atoms with E-state index in [0.29, 0.717) is 0 Å². The topological polar surface area (TPSA) is 29.3 Å². The maximum absolute atomic E-state index is 13.4. The molecular weight excluding hydrogens is 331 g/mol. The highest BCUT2D eigenvalue weighted by Gasteiger charge is 2.12. The predicted molar refractivity (Wildman–Crippen MR) is 90.6 cm³/mol. The molecule has 0 aliphatic rings. The fourth-order valence-electron chi connectivity index (χ4n) is 2.40. The van der Waals surface area contributed by atoms with Crippen LogP contribution >= 0.6 is 15.9 Å². The number of benzene rings is 2. The van der Waals surface area contributed by atoms with Crippen molar-refractivity contribution in [3.63, 3.8) is 0 Å². The number of nitrogens with two attached hydrogens (primary N) is 1. The van der Waals surface area contributed by atoms with Crippen LogP contribution in [-0.2, 0) is 6.42 Å². The molecule has 0 bridgehead atoms. The Kier molecular flexibility index (Phi) is 5.37. The van der Waals surface area contributed by atoms with Crippen LogP contribution in [0.4, 0.5) is 15.8 Å². The van der Waals surface area contributed by atoms with Gasteiger partial charge < -0.3 is 10.6 Å². The molecule has 0 aliphatic heterocycles. The van der Waals surface area contributed by atoms with Gasteiger partial charge in [0.2, 0.25) is 0 Å². The average molecular weight is 351 g/mol. The molecule has 0 saturated heterocycles. The predicted octanol–water partition coefficient (Wildman–Crippen LogP) is 4.64. The maximum Gasteiger partial charge on any atom is 0.125 e. The molecule has 0 amide bonds. The van der Waals surface area contributed by atoms with Gasteiger partial charge in [0.1, 0.15) is 5.82 Å². The molecule has 21 heavy (non-hydrogen) atoms. The smallest absolute Gasteiger partial charge is 0.125 e. The lowest BCUT2D eigenvalue weighted by molar-refractivity contribution is 0.627. The van der Waals surface area contributed by atoms with Crippen LogP contribution in [0.15, 0.2) is 46.9 Å². The molecule has 1 atom stereocenters. The van der Waals surface area contributed by atoms with Gasteiger partial charge in [-0.2, -0.15) is 0 Å². The number of anilines is 2. The lowest BCUT2D eigenvalue weighted by Gasteiger charge is -2.25. The Labute approximate surface area is 133 Å². The normalized spacial score (nSPS) is 12.2. The highest BCUT2D eigenvalue weighted by Crippen LogP contribution is 2.33. The fraction of sp³-hybridized carbons (Fsp3) is 0.294. The third-order valence-corrected chi connectivity index (χ3v) is 3.93. The van der Waals surface area contributed by atoms with E-state index in [1.54, 1.807) is 12.1 Å². The van der Waals surface area contributed by atoms with Crippen molar-refractivity contribution in [2.75, 3.05) is 11.4 Å². The Hall–Kier alpha value is -1.39. The van der Waals surface area contributed by atoms with Gasteiger partial charge in [-0.05, 0) is 72.1 Å². The fourth-order valence-corrected chi connectivity index (χ4v) is 3.04. The second kappa shape index (κ2) is 7.05. The standard InChI is InChI=1S/C17H20BrFN2/c1-3-21(15-6-4-5-14(19)11-15)17-8-7-13(9-12(2)20)10-16(17)18/h4-8,10-12H,3,9,20H2,1-2H3. The Morgan fingerprint density at radius 2 is 2.00 bits per heavy atom. The van der Waals surface area contributed by atoms with E-state index < -0.39 is 0 Å². The molecule has 112 valence electrons. The maximum atomic E-state index is 13.4. The van der Waals surface area contributed by atoms with Crippen LogP contribution < -0.4 is 10.6 Å². The first-order valence-corrected chi connectivity index (χ1v) is 7.87. The summed E-state index contributed by atoms with van der Waals surface area (Å²) >= 11 is 3.62. The van der Waals surface area contributed by atoms with Gasteiger partial charge in [0.05, 0.1) is 5.69 Å². The number of halogens is 2. The van der Waals surface area contributed by atoms with Gasteiger partial charge in [0.15, 0.2) is 0 Å².